The predicted molar refractivity (Wildman–Crippen MR) is 87.9 cm³/mol. The molecule has 0 saturated heterocycles. The second-order valence-electron chi connectivity index (χ2n) is 5.61. The van der Waals surface area contributed by atoms with E-state index in [0.717, 1.165) is 28.6 Å². The Hall–Kier alpha value is -2.45. The number of aromatic nitrogens is 3. The molecule has 8 heteroatoms. The van der Waals surface area contributed by atoms with E-state index < -0.39 is 0 Å². The molecule has 0 N–H and O–H groups in total. The molecule has 0 unspecified atom stereocenters. The third kappa shape index (κ3) is 3.10. The van der Waals surface area contributed by atoms with Crippen molar-refractivity contribution in [1.29, 1.82) is 0 Å². The van der Waals surface area contributed by atoms with Crippen LogP contribution >= 0.6 is 11.3 Å². The lowest BCUT2D eigenvalue weighted by atomic mass is 10.2. The third-order valence-corrected chi connectivity index (χ3v) is 4.42. The van der Waals surface area contributed by atoms with Crippen LogP contribution < -0.4 is 9.47 Å². The summed E-state index contributed by atoms with van der Waals surface area (Å²) in [6, 6.07) is 5.60. The van der Waals surface area contributed by atoms with E-state index in [1.165, 1.54) is 0 Å². The molecule has 0 fully saturated rings. The van der Waals surface area contributed by atoms with Gasteiger partial charge in [0.2, 0.25) is 18.5 Å². The monoisotopic (exact) mass is 344 g/mol. The highest BCUT2D eigenvalue weighted by Gasteiger charge is 2.17. The van der Waals surface area contributed by atoms with Crippen LogP contribution in [0.3, 0.4) is 0 Å². The van der Waals surface area contributed by atoms with Crippen molar-refractivity contribution in [3.63, 3.8) is 0 Å². The molecule has 0 amide bonds. The molecule has 1 aliphatic rings. The quantitative estimate of drug-likeness (QED) is 0.704. The minimum absolute atomic E-state index is 0.247. The normalized spacial score (nSPS) is 13.0. The van der Waals surface area contributed by atoms with Crippen LogP contribution in [0.15, 0.2) is 28.1 Å². The highest BCUT2D eigenvalue weighted by atomic mass is 32.1. The zero-order valence-corrected chi connectivity index (χ0v) is 14.2. The number of hydrogen-bond donors (Lipinski definition) is 0. The molecule has 24 heavy (non-hydrogen) atoms. The van der Waals surface area contributed by atoms with E-state index in [9.17, 15) is 0 Å². The van der Waals surface area contributed by atoms with Crippen LogP contribution in [0.1, 0.15) is 16.6 Å². The van der Waals surface area contributed by atoms with Crippen LogP contribution in [-0.2, 0) is 13.1 Å². The first-order chi connectivity index (χ1) is 11.7. The molecule has 3 aromatic rings. The summed E-state index contributed by atoms with van der Waals surface area (Å²) in [7, 11) is 2.00. The second-order valence-corrected chi connectivity index (χ2v) is 6.67. The van der Waals surface area contributed by atoms with E-state index in [4.69, 9.17) is 14.0 Å². The number of benzene rings is 1. The molecule has 0 spiro atoms. The number of nitrogens with zero attached hydrogens (tertiary/aromatic N) is 4. The lowest BCUT2D eigenvalue weighted by Gasteiger charge is -2.11. The number of aryl methyl sites for hydroxylation is 1. The van der Waals surface area contributed by atoms with E-state index in [1.54, 1.807) is 11.3 Å². The Morgan fingerprint density at radius 1 is 1.17 bits per heavy atom. The van der Waals surface area contributed by atoms with Gasteiger partial charge in [-0.25, -0.2) is 4.98 Å². The second kappa shape index (κ2) is 6.21. The van der Waals surface area contributed by atoms with Gasteiger partial charge in [-0.3, -0.25) is 4.90 Å². The van der Waals surface area contributed by atoms with Crippen LogP contribution in [-0.4, -0.2) is 33.9 Å². The summed E-state index contributed by atoms with van der Waals surface area (Å²) in [5.41, 5.74) is 1.89. The van der Waals surface area contributed by atoms with Crippen LogP contribution in [0, 0.1) is 6.92 Å². The summed E-state index contributed by atoms with van der Waals surface area (Å²) in [6.45, 7) is 3.56. The summed E-state index contributed by atoms with van der Waals surface area (Å²) in [5.74, 6) is 2.55. The lowest BCUT2D eigenvalue weighted by Crippen LogP contribution is -2.17. The Labute approximate surface area is 142 Å². The van der Waals surface area contributed by atoms with Crippen molar-refractivity contribution in [2.75, 3.05) is 13.8 Å². The fraction of sp³-hybridized carbons (Fsp3) is 0.312. The first-order valence-corrected chi connectivity index (χ1v) is 8.37. The standard InChI is InChI=1S/C16H16N4O3S/c1-10-17-12(8-24-10)6-20(2)7-15-18-16(19-23-15)11-3-4-13-14(5-11)22-9-21-13/h3-5,8H,6-7,9H2,1-2H3. The molecule has 1 aromatic carbocycles. The fourth-order valence-corrected chi connectivity index (χ4v) is 3.12. The highest BCUT2D eigenvalue weighted by Crippen LogP contribution is 2.35. The Morgan fingerprint density at radius 3 is 2.88 bits per heavy atom. The van der Waals surface area contributed by atoms with Gasteiger partial charge in [-0.1, -0.05) is 5.16 Å². The van der Waals surface area contributed by atoms with Gasteiger partial charge in [0.05, 0.1) is 17.2 Å². The van der Waals surface area contributed by atoms with Gasteiger partial charge in [0.1, 0.15) is 0 Å². The van der Waals surface area contributed by atoms with Gasteiger partial charge >= 0.3 is 0 Å². The average Bonchev–Trinajstić information content (AvgIpc) is 3.27. The summed E-state index contributed by atoms with van der Waals surface area (Å²) >= 11 is 1.65. The van der Waals surface area contributed by atoms with E-state index in [0.29, 0.717) is 24.0 Å². The zero-order valence-electron chi connectivity index (χ0n) is 13.4. The maximum atomic E-state index is 5.38. The SMILES string of the molecule is Cc1nc(CN(C)Cc2nc(-c3ccc4c(c3)OCO4)no2)cs1. The molecule has 7 nitrogen and oxygen atoms in total. The van der Waals surface area contributed by atoms with Gasteiger partial charge in [0.25, 0.3) is 0 Å². The topological polar surface area (TPSA) is 73.5 Å². The number of hydrogen-bond acceptors (Lipinski definition) is 8. The molecule has 4 rings (SSSR count). The van der Waals surface area contributed by atoms with Gasteiger partial charge in [0, 0.05) is 17.5 Å². The maximum Gasteiger partial charge on any atom is 0.241 e. The fourth-order valence-electron chi connectivity index (χ4n) is 2.52. The van der Waals surface area contributed by atoms with E-state index in [-0.39, 0.29) is 6.79 Å². The van der Waals surface area contributed by atoms with E-state index in [2.05, 4.69) is 25.4 Å². The molecule has 0 atom stereocenters. The Balaban J connectivity index is 1.44. The zero-order chi connectivity index (χ0) is 16.5. The summed E-state index contributed by atoms with van der Waals surface area (Å²) in [4.78, 5) is 11.0. The largest absolute Gasteiger partial charge is 0.454 e. The highest BCUT2D eigenvalue weighted by molar-refractivity contribution is 7.09. The number of rotatable bonds is 5. The van der Waals surface area contributed by atoms with E-state index >= 15 is 0 Å². The summed E-state index contributed by atoms with van der Waals surface area (Å²) < 4.78 is 16.0. The molecule has 0 radical (unpaired) electrons. The van der Waals surface area contributed by atoms with Crippen molar-refractivity contribution < 1.29 is 14.0 Å². The van der Waals surface area contributed by atoms with Gasteiger partial charge in [0.15, 0.2) is 11.5 Å². The Kier molecular flexibility index (Phi) is 3.91. The van der Waals surface area contributed by atoms with Gasteiger partial charge in [-0.05, 0) is 32.2 Å². The van der Waals surface area contributed by atoms with Crippen LogP contribution in [0.25, 0.3) is 11.4 Å². The molecule has 1 aliphatic heterocycles. The predicted octanol–water partition coefficient (Wildman–Crippen LogP) is 2.86. The van der Waals surface area contributed by atoms with Crippen LogP contribution in [0.5, 0.6) is 11.5 Å². The molecule has 0 aliphatic carbocycles. The van der Waals surface area contributed by atoms with Crippen molar-refractivity contribution in [2.45, 2.75) is 20.0 Å². The van der Waals surface area contributed by atoms with Crippen LogP contribution in [0.2, 0.25) is 0 Å². The Morgan fingerprint density at radius 2 is 2.04 bits per heavy atom. The molecule has 2 aromatic heterocycles. The number of thiazole rings is 1. The van der Waals surface area contributed by atoms with Crippen molar-refractivity contribution in [3.8, 4) is 22.9 Å². The van der Waals surface area contributed by atoms with Crippen molar-refractivity contribution in [2.24, 2.45) is 0 Å². The number of fused-ring (bicyclic) bond motifs is 1. The first kappa shape index (κ1) is 15.1. The third-order valence-electron chi connectivity index (χ3n) is 3.60. The van der Waals surface area contributed by atoms with E-state index in [1.807, 2.05) is 32.2 Å². The lowest BCUT2D eigenvalue weighted by molar-refractivity contribution is 0.174. The Bertz CT molecular complexity index is 861. The summed E-state index contributed by atoms with van der Waals surface area (Å²) in [5, 5.41) is 7.19. The number of ether oxygens (including phenoxy) is 2. The molecule has 0 bridgehead atoms. The molecular weight excluding hydrogens is 328 g/mol. The molecular formula is C16H16N4O3S. The van der Waals surface area contributed by atoms with Crippen molar-refractivity contribution in [1.82, 2.24) is 20.0 Å². The molecule has 0 saturated carbocycles. The molecule has 3 heterocycles. The minimum atomic E-state index is 0.247. The van der Waals surface area contributed by atoms with Crippen molar-refractivity contribution in [3.05, 3.63) is 40.2 Å². The van der Waals surface area contributed by atoms with Gasteiger partial charge in [-0.15, -0.1) is 11.3 Å². The van der Waals surface area contributed by atoms with Crippen molar-refractivity contribution >= 4 is 11.3 Å². The maximum absolute atomic E-state index is 5.38. The smallest absolute Gasteiger partial charge is 0.241 e. The summed E-state index contributed by atoms with van der Waals surface area (Å²) in [6.07, 6.45) is 0. The van der Waals surface area contributed by atoms with Gasteiger partial charge in [-0.2, -0.15) is 4.98 Å². The minimum Gasteiger partial charge on any atom is -0.454 e. The van der Waals surface area contributed by atoms with Crippen LogP contribution in [0.4, 0.5) is 0 Å². The molecule has 124 valence electrons. The first-order valence-electron chi connectivity index (χ1n) is 7.49. The average molecular weight is 344 g/mol. The van der Waals surface area contributed by atoms with Gasteiger partial charge < -0.3 is 14.0 Å².